The molecule has 0 amide bonds. The third-order valence-electron chi connectivity index (χ3n) is 21.9. The summed E-state index contributed by atoms with van der Waals surface area (Å²) in [5, 5.41) is 15.2. The van der Waals surface area contributed by atoms with Gasteiger partial charge in [0.2, 0.25) is 6.71 Å². The number of anilines is 9. The minimum atomic E-state index is -0.212. The molecule has 0 radical (unpaired) electrons. The second-order valence-electron chi connectivity index (χ2n) is 29.5. The Bertz CT molecular complexity index is 5980. The summed E-state index contributed by atoms with van der Waals surface area (Å²) in [6, 6.07) is 114. The van der Waals surface area contributed by atoms with E-state index in [2.05, 4.69) is 353 Å². The Morgan fingerprint density at radius 1 is 0.255 bits per heavy atom. The molecule has 0 fully saturated rings. The fourth-order valence-corrected chi connectivity index (χ4v) is 18.6. The van der Waals surface area contributed by atoms with Gasteiger partial charge in [-0.2, -0.15) is 0 Å². The molecule has 16 aromatic carbocycles. The molecule has 4 heterocycles. The Hall–Kier alpha value is -11.0. The van der Waals surface area contributed by atoms with Crippen LogP contribution in [0.15, 0.2) is 307 Å². The van der Waals surface area contributed by atoms with Gasteiger partial charge in [-0.15, -0.1) is 0 Å². The van der Waals surface area contributed by atoms with Crippen molar-refractivity contribution in [3.63, 3.8) is 0 Å². The molecule has 20 rings (SSSR count). The molecule has 0 aliphatic carbocycles. The van der Waals surface area contributed by atoms with E-state index in [0.717, 1.165) is 11.4 Å². The number of hydrogen-bond acceptors (Lipinski definition) is 4. The summed E-state index contributed by atoms with van der Waals surface area (Å²) in [7, 11) is 0. The molecule has 4 aliphatic heterocycles. The van der Waals surface area contributed by atoms with Crippen molar-refractivity contribution in [1.29, 1.82) is 0 Å². The summed E-state index contributed by atoms with van der Waals surface area (Å²) < 4.78 is 0. The topological polar surface area (TPSA) is 9.72 Å². The largest absolute Gasteiger partial charge is 0.311 e. The Kier molecular flexibility index (Phi) is 12.4. The maximum Gasteiger partial charge on any atom is 0.252 e. The van der Waals surface area contributed by atoms with Gasteiger partial charge >= 0.3 is 0 Å². The van der Waals surface area contributed by atoms with Crippen LogP contribution >= 0.6 is 11.8 Å². The summed E-state index contributed by atoms with van der Waals surface area (Å²) in [5.41, 5.74) is 25.7. The van der Waals surface area contributed by atoms with Crippen LogP contribution in [-0.2, 0) is 10.8 Å². The first kappa shape index (κ1) is 57.2. The van der Waals surface area contributed by atoms with Crippen LogP contribution in [0.1, 0.15) is 52.7 Å². The van der Waals surface area contributed by atoms with Gasteiger partial charge in [-0.05, 0) is 192 Å². The highest BCUT2D eigenvalue weighted by molar-refractivity contribution is 8.00. The Labute approximate surface area is 577 Å². The SMILES string of the molecule is CC(C)(C)c1cc2c3c(c1)N(c1c(-c4ccccc4)cccc1-c1ccccc1)c1ccccc1B3c1cc3c(cc1S2)N(c1ccc2c4ccccc4c4ccccc4c2c1)c1cc(C(C)(C)C)cc2c1B3c1ccccc1N2c1ccc2c3ccccc3c3ccccc3c2c1. The number of para-hydroxylation sites is 3. The van der Waals surface area contributed by atoms with Crippen LogP contribution in [0.25, 0.3) is 86.9 Å². The highest BCUT2D eigenvalue weighted by Gasteiger charge is 2.48. The van der Waals surface area contributed by atoms with Crippen molar-refractivity contribution in [1.82, 2.24) is 0 Å². The molecule has 3 nitrogen and oxygen atoms in total. The molecular weight excluding hydrogens is 1200 g/mol. The Balaban J connectivity index is 0.877. The average Bonchev–Trinajstić information content (AvgIpc) is 0.688. The van der Waals surface area contributed by atoms with Crippen LogP contribution in [-0.4, -0.2) is 13.4 Å². The molecule has 0 N–H and O–H groups in total. The third-order valence-corrected chi connectivity index (χ3v) is 23.0. The van der Waals surface area contributed by atoms with E-state index >= 15 is 0 Å². The smallest absolute Gasteiger partial charge is 0.252 e. The van der Waals surface area contributed by atoms with Gasteiger partial charge in [0.15, 0.2) is 0 Å². The Morgan fingerprint density at radius 2 is 0.633 bits per heavy atom. The summed E-state index contributed by atoms with van der Waals surface area (Å²) in [6.45, 7) is 14.1. The predicted molar refractivity (Wildman–Crippen MR) is 424 cm³/mol. The maximum absolute atomic E-state index is 2.69. The van der Waals surface area contributed by atoms with Crippen molar-refractivity contribution >= 4 is 174 Å². The van der Waals surface area contributed by atoms with E-state index in [-0.39, 0.29) is 24.3 Å². The van der Waals surface area contributed by atoms with Crippen LogP contribution in [0, 0.1) is 0 Å². The van der Waals surface area contributed by atoms with Crippen molar-refractivity contribution in [3.05, 3.63) is 308 Å². The van der Waals surface area contributed by atoms with Crippen LogP contribution in [0.5, 0.6) is 0 Å². The van der Waals surface area contributed by atoms with E-state index in [0.29, 0.717) is 0 Å². The summed E-state index contributed by atoms with van der Waals surface area (Å²) in [5.74, 6) is 0. The van der Waals surface area contributed by atoms with Crippen molar-refractivity contribution < 1.29 is 0 Å². The van der Waals surface area contributed by atoms with Crippen molar-refractivity contribution in [3.8, 4) is 22.3 Å². The first-order valence-corrected chi connectivity index (χ1v) is 35.4. The standard InChI is InChI=1S/C92H67B2N3S/c1-91(2,3)58-48-83-88-84(49-58)96(61-45-47-73-69-35-16-14-31-65(69)67-33-18-20-37-71(67)75(73)53-61)82-55-86-79(54-78(82)93(88)76-40-21-23-42-80(76)95(83)60-44-46-72-68-34-15-13-30-64(68)66-32-17-19-36-70(66)74(72)52-60)94-77-41-22-24-43-81(77)97(85-50-59(92(4,5)6)51-87(98-86)89(85)94)90-62(56-26-9-7-10-27-56)38-25-39-63(90)57-28-11-8-12-29-57/h7-55H,1-6H3. The number of fused-ring (bicyclic) bond motifs is 20. The molecular formula is C92H67B2N3S. The third kappa shape index (κ3) is 8.40. The molecule has 0 saturated carbocycles. The van der Waals surface area contributed by atoms with Crippen LogP contribution in [0.2, 0.25) is 0 Å². The first-order valence-electron chi connectivity index (χ1n) is 34.6. The molecule has 16 aromatic rings. The molecule has 98 heavy (non-hydrogen) atoms. The van der Waals surface area contributed by atoms with Gasteiger partial charge in [0.25, 0.3) is 6.71 Å². The lowest BCUT2D eigenvalue weighted by atomic mass is 9.31. The fraction of sp³-hybridized carbons (Fsp3) is 0.0870. The zero-order valence-corrected chi connectivity index (χ0v) is 56.5. The molecule has 0 unspecified atom stereocenters. The summed E-state index contributed by atoms with van der Waals surface area (Å²) >= 11 is 1.97. The zero-order valence-electron chi connectivity index (χ0n) is 55.7. The second-order valence-corrected chi connectivity index (χ2v) is 30.5. The van der Waals surface area contributed by atoms with Crippen molar-refractivity contribution in [2.75, 3.05) is 14.7 Å². The second kappa shape index (κ2) is 21.2. The van der Waals surface area contributed by atoms with E-state index in [1.807, 2.05) is 11.8 Å². The lowest BCUT2D eigenvalue weighted by Crippen LogP contribution is -2.64. The molecule has 4 aliphatic rings. The van der Waals surface area contributed by atoms with Crippen LogP contribution in [0.4, 0.5) is 51.2 Å². The van der Waals surface area contributed by atoms with Gasteiger partial charge in [-0.3, -0.25) is 0 Å². The van der Waals surface area contributed by atoms with E-state index in [1.165, 1.54) is 180 Å². The van der Waals surface area contributed by atoms with Gasteiger partial charge in [0.1, 0.15) is 0 Å². The van der Waals surface area contributed by atoms with E-state index in [9.17, 15) is 0 Å². The molecule has 0 atom stereocenters. The van der Waals surface area contributed by atoms with E-state index < -0.39 is 0 Å². The first-order chi connectivity index (χ1) is 47.9. The predicted octanol–water partition coefficient (Wildman–Crippen LogP) is 21.4. The number of hydrogen-bond donors (Lipinski definition) is 0. The van der Waals surface area contributed by atoms with Gasteiger partial charge in [0.05, 0.1) is 5.69 Å². The van der Waals surface area contributed by atoms with Gasteiger partial charge < -0.3 is 14.7 Å². The highest BCUT2D eigenvalue weighted by Crippen LogP contribution is 2.53. The van der Waals surface area contributed by atoms with Gasteiger partial charge in [0, 0.05) is 66.4 Å². The van der Waals surface area contributed by atoms with Crippen molar-refractivity contribution in [2.24, 2.45) is 0 Å². The molecule has 6 heteroatoms. The fourth-order valence-electron chi connectivity index (χ4n) is 17.4. The van der Waals surface area contributed by atoms with E-state index in [1.54, 1.807) is 0 Å². The van der Waals surface area contributed by atoms with Crippen molar-refractivity contribution in [2.45, 2.75) is 62.2 Å². The number of nitrogens with zero attached hydrogens (tertiary/aromatic N) is 3. The number of benzene rings is 16. The molecule has 462 valence electrons. The lowest BCUT2D eigenvalue weighted by molar-refractivity contribution is 0.589. The Morgan fingerprint density at radius 3 is 1.10 bits per heavy atom. The summed E-state index contributed by atoms with van der Waals surface area (Å²) in [6.07, 6.45) is 0. The van der Waals surface area contributed by atoms with Gasteiger partial charge in [-0.1, -0.05) is 289 Å². The van der Waals surface area contributed by atoms with Gasteiger partial charge in [-0.25, -0.2) is 0 Å². The minimum Gasteiger partial charge on any atom is -0.311 e. The van der Waals surface area contributed by atoms with Crippen LogP contribution < -0.4 is 47.5 Å². The minimum absolute atomic E-state index is 0.0798. The average molecular weight is 1270 g/mol. The molecule has 0 bridgehead atoms. The normalized spacial score (nSPS) is 13.7. The monoisotopic (exact) mass is 1270 g/mol. The highest BCUT2D eigenvalue weighted by atomic mass is 32.2. The maximum atomic E-state index is 2.69. The number of rotatable bonds is 5. The molecule has 0 aromatic heterocycles. The molecule has 0 spiro atoms. The summed E-state index contributed by atoms with van der Waals surface area (Å²) in [4.78, 5) is 10.6. The zero-order chi connectivity index (χ0) is 65.4. The lowest BCUT2D eigenvalue weighted by Gasteiger charge is -2.46. The van der Waals surface area contributed by atoms with E-state index in [4.69, 9.17) is 0 Å². The quantitative estimate of drug-likeness (QED) is 0.125. The molecule has 0 saturated heterocycles. The van der Waals surface area contributed by atoms with Crippen LogP contribution in [0.3, 0.4) is 0 Å².